The van der Waals surface area contributed by atoms with Crippen molar-refractivity contribution in [2.75, 3.05) is 7.05 Å². The van der Waals surface area contributed by atoms with E-state index >= 15 is 0 Å². The van der Waals surface area contributed by atoms with Crippen molar-refractivity contribution in [1.82, 2.24) is 19.7 Å². The molecule has 1 atom stereocenters. The number of carbonyl (C=O) groups is 1. The molecule has 0 saturated carbocycles. The minimum Gasteiger partial charge on any atom is -0.340 e. The molecule has 2 aromatic heterocycles. The van der Waals surface area contributed by atoms with Crippen molar-refractivity contribution in [3.63, 3.8) is 0 Å². The second kappa shape index (κ2) is 6.39. The predicted octanol–water partition coefficient (Wildman–Crippen LogP) is 2.56. The molecule has 0 aliphatic rings. The van der Waals surface area contributed by atoms with E-state index in [-0.39, 0.29) is 11.8 Å². The molecule has 0 fully saturated rings. The van der Waals surface area contributed by atoms with E-state index in [0.29, 0.717) is 13.1 Å². The minimum atomic E-state index is -0.116. The molecule has 21 heavy (non-hydrogen) atoms. The zero-order chi connectivity index (χ0) is 15.6. The maximum atomic E-state index is 12.5. The van der Waals surface area contributed by atoms with Crippen LogP contribution in [0.5, 0.6) is 0 Å². The molecule has 6 heteroatoms. The van der Waals surface area contributed by atoms with Crippen molar-refractivity contribution >= 4 is 17.2 Å². The van der Waals surface area contributed by atoms with Gasteiger partial charge in [-0.2, -0.15) is 5.10 Å². The van der Waals surface area contributed by atoms with Gasteiger partial charge in [-0.05, 0) is 37.8 Å². The normalized spacial score (nSPS) is 12.4. The number of carbonyl (C=O) groups excluding carboxylic acids is 1. The summed E-state index contributed by atoms with van der Waals surface area (Å²) in [6.07, 6.45) is 0. The number of hydrogen-bond donors (Lipinski definition) is 0. The van der Waals surface area contributed by atoms with E-state index < -0.39 is 0 Å². The monoisotopic (exact) mass is 306 g/mol. The molecule has 0 unspecified atom stereocenters. The van der Waals surface area contributed by atoms with Crippen LogP contribution >= 0.6 is 11.3 Å². The van der Waals surface area contributed by atoms with Crippen LogP contribution in [0.2, 0.25) is 0 Å². The van der Waals surface area contributed by atoms with Crippen LogP contribution in [0.15, 0.2) is 11.4 Å². The molecular formula is C15H22N4OS. The Morgan fingerprint density at radius 2 is 2.14 bits per heavy atom. The van der Waals surface area contributed by atoms with E-state index in [4.69, 9.17) is 0 Å². The van der Waals surface area contributed by atoms with Crippen LogP contribution in [0.4, 0.5) is 0 Å². The van der Waals surface area contributed by atoms with Crippen LogP contribution in [0.1, 0.15) is 29.0 Å². The summed E-state index contributed by atoms with van der Waals surface area (Å²) >= 11 is 1.70. The Kier molecular flexibility index (Phi) is 4.77. The fraction of sp³-hybridized carbons (Fsp3) is 0.533. The molecule has 0 spiro atoms. The van der Waals surface area contributed by atoms with E-state index in [1.165, 1.54) is 10.4 Å². The SMILES string of the molecule is Cc1nc(C)n(C[C@H](C)C(=O)N(C)Cc2sccc2C)n1. The molecule has 2 heterocycles. The lowest BCUT2D eigenvalue weighted by atomic mass is 10.1. The summed E-state index contributed by atoms with van der Waals surface area (Å²) in [5.74, 6) is 1.61. The van der Waals surface area contributed by atoms with Gasteiger partial charge in [-0.1, -0.05) is 6.92 Å². The Balaban J connectivity index is 1.98. The first-order valence-electron chi connectivity index (χ1n) is 7.04. The van der Waals surface area contributed by atoms with Gasteiger partial charge in [0.05, 0.1) is 19.0 Å². The van der Waals surface area contributed by atoms with Gasteiger partial charge in [-0.25, -0.2) is 9.67 Å². The number of aryl methyl sites for hydroxylation is 3. The highest BCUT2D eigenvalue weighted by Crippen LogP contribution is 2.18. The van der Waals surface area contributed by atoms with Crippen molar-refractivity contribution in [2.24, 2.45) is 5.92 Å². The summed E-state index contributed by atoms with van der Waals surface area (Å²) in [6, 6.07) is 2.09. The van der Waals surface area contributed by atoms with Crippen molar-refractivity contribution < 1.29 is 4.79 Å². The third kappa shape index (κ3) is 3.69. The third-order valence-electron chi connectivity index (χ3n) is 3.56. The van der Waals surface area contributed by atoms with Crippen LogP contribution in [-0.4, -0.2) is 32.6 Å². The average Bonchev–Trinajstić information content (AvgIpc) is 2.95. The van der Waals surface area contributed by atoms with E-state index in [0.717, 1.165) is 11.6 Å². The Bertz CT molecular complexity index is 631. The fourth-order valence-corrected chi connectivity index (χ4v) is 3.27. The number of aromatic nitrogens is 3. The molecule has 2 aromatic rings. The molecule has 0 aliphatic carbocycles. The summed E-state index contributed by atoms with van der Waals surface area (Å²) < 4.78 is 1.81. The molecular weight excluding hydrogens is 284 g/mol. The Morgan fingerprint density at radius 1 is 1.43 bits per heavy atom. The topological polar surface area (TPSA) is 51.0 Å². The fourth-order valence-electron chi connectivity index (χ4n) is 2.31. The van der Waals surface area contributed by atoms with E-state index in [2.05, 4.69) is 28.5 Å². The average molecular weight is 306 g/mol. The second-order valence-electron chi connectivity index (χ2n) is 5.51. The molecule has 0 aliphatic heterocycles. The Labute approximate surface area is 129 Å². The third-order valence-corrected chi connectivity index (χ3v) is 4.56. The summed E-state index contributed by atoms with van der Waals surface area (Å²) in [7, 11) is 1.86. The van der Waals surface area contributed by atoms with Crippen LogP contribution in [0, 0.1) is 26.7 Å². The molecule has 0 bridgehead atoms. The largest absolute Gasteiger partial charge is 0.340 e. The van der Waals surface area contributed by atoms with Gasteiger partial charge >= 0.3 is 0 Å². The number of hydrogen-bond acceptors (Lipinski definition) is 4. The van der Waals surface area contributed by atoms with E-state index in [1.54, 1.807) is 16.2 Å². The number of rotatable bonds is 5. The molecule has 0 saturated heterocycles. The van der Waals surface area contributed by atoms with Crippen LogP contribution in [-0.2, 0) is 17.9 Å². The number of thiophene rings is 1. The maximum Gasteiger partial charge on any atom is 0.227 e. The van der Waals surface area contributed by atoms with Gasteiger partial charge in [0, 0.05) is 11.9 Å². The van der Waals surface area contributed by atoms with Crippen molar-refractivity contribution in [1.29, 1.82) is 0 Å². The summed E-state index contributed by atoms with van der Waals surface area (Å²) in [5.41, 5.74) is 1.25. The summed E-state index contributed by atoms with van der Waals surface area (Å²) in [4.78, 5) is 19.8. The Hall–Kier alpha value is -1.69. The highest BCUT2D eigenvalue weighted by molar-refractivity contribution is 7.10. The van der Waals surface area contributed by atoms with Crippen molar-refractivity contribution in [3.8, 4) is 0 Å². The van der Waals surface area contributed by atoms with Gasteiger partial charge in [-0.3, -0.25) is 4.79 Å². The zero-order valence-corrected chi connectivity index (χ0v) is 14.1. The highest BCUT2D eigenvalue weighted by atomic mass is 32.1. The van der Waals surface area contributed by atoms with E-state index in [1.807, 2.05) is 32.5 Å². The predicted molar refractivity (Wildman–Crippen MR) is 84.2 cm³/mol. The van der Waals surface area contributed by atoms with Crippen LogP contribution < -0.4 is 0 Å². The standard InChI is InChI=1S/C15H22N4OS/c1-10-6-7-21-14(10)9-18(5)15(20)11(2)8-19-13(4)16-12(3)17-19/h6-7,11H,8-9H2,1-5H3/t11-/m0/s1. The van der Waals surface area contributed by atoms with Gasteiger partial charge in [0.1, 0.15) is 11.6 Å². The second-order valence-corrected chi connectivity index (χ2v) is 6.51. The summed E-state index contributed by atoms with van der Waals surface area (Å²) in [6.45, 7) is 9.03. The zero-order valence-electron chi connectivity index (χ0n) is 13.3. The van der Waals surface area contributed by atoms with Crippen LogP contribution in [0.3, 0.4) is 0 Å². The lowest BCUT2D eigenvalue weighted by Crippen LogP contribution is -2.33. The summed E-state index contributed by atoms with van der Waals surface area (Å²) in [5, 5.41) is 6.38. The van der Waals surface area contributed by atoms with E-state index in [9.17, 15) is 4.79 Å². The first kappa shape index (κ1) is 15.7. The lowest BCUT2D eigenvalue weighted by Gasteiger charge is -2.21. The number of amides is 1. The maximum absolute atomic E-state index is 12.5. The molecule has 0 radical (unpaired) electrons. The first-order valence-corrected chi connectivity index (χ1v) is 7.92. The van der Waals surface area contributed by atoms with Crippen molar-refractivity contribution in [3.05, 3.63) is 33.5 Å². The quantitative estimate of drug-likeness (QED) is 0.853. The van der Waals surface area contributed by atoms with Gasteiger partial charge in [-0.15, -0.1) is 11.3 Å². The molecule has 114 valence electrons. The van der Waals surface area contributed by atoms with Crippen LogP contribution in [0.25, 0.3) is 0 Å². The van der Waals surface area contributed by atoms with Crippen molar-refractivity contribution in [2.45, 2.75) is 40.8 Å². The lowest BCUT2D eigenvalue weighted by molar-refractivity contribution is -0.134. The Morgan fingerprint density at radius 3 is 2.67 bits per heavy atom. The van der Waals surface area contributed by atoms with Gasteiger partial charge in [0.25, 0.3) is 0 Å². The smallest absolute Gasteiger partial charge is 0.227 e. The minimum absolute atomic E-state index is 0.116. The van der Waals surface area contributed by atoms with Gasteiger partial charge in [0.2, 0.25) is 5.91 Å². The molecule has 1 amide bonds. The molecule has 0 aromatic carbocycles. The molecule has 5 nitrogen and oxygen atoms in total. The first-order chi connectivity index (χ1) is 9.88. The van der Waals surface area contributed by atoms with Gasteiger partial charge in [0.15, 0.2) is 0 Å². The molecule has 2 rings (SSSR count). The highest BCUT2D eigenvalue weighted by Gasteiger charge is 2.20. The van der Waals surface area contributed by atoms with Gasteiger partial charge < -0.3 is 4.90 Å². The molecule has 0 N–H and O–H groups in total. The number of nitrogens with zero attached hydrogens (tertiary/aromatic N) is 4.